The molecule has 17 nitrogen and oxygen atoms in total. The van der Waals surface area contributed by atoms with E-state index in [1.54, 1.807) is 42.5 Å². The molecular weight excluding hydrogens is 618 g/mol. The van der Waals surface area contributed by atoms with E-state index in [0.717, 1.165) is 5.56 Å². The van der Waals surface area contributed by atoms with Gasteiger partial charge in [0.15, 0.2) is 0 Å². The van der Waals surface area contributed by atoms with Crippen LogP contribution in [0.4, 0.5) is 5.69 Å². The van der Waals surface area contributed by atoms with Crippen molar-refractivity contribution < 1.29 is 42.7 Å². The fourth-order valence-electron chi connectivity index (χ4n) is 3.88. The van der Waals surface area contributed by atoms with Gasteiger partial charge >= 0.3 is 5.63 Å². The number of carbonyl (C=O) groups is 7. The number of benzene rings is 2. The number of ether oxygens (including phenoxy) is 1. The van der Waals surface area contributed by atoms with E-state index in [4.69, 9.17) is 14.9 Å². The first-order valence-corrected chi connectivity index (χ1v) is 14.1. The average Bonchev–Trinajstić information content (AvgIpc) is 3.02. The van der Waals surface area contributed by atoms with Crippen LogP contribution in [0, 0.1) is 0 Å². The summed E-state index contributed by atoms with van der Waals surface area (Å²) in [6.07, 6.45) is -0.264. The highest BCUT2D eigenvalue weighted by atomic mass is 16.5. The molecule has 0 saturated carbocycles. The first kappa shape index (κ1) is 35.2. The van der Waals surface area contributed by atoms with E-state index < -0.39 is 67.2 Å². The molecule has 248 valence electrons. The Bertz CT molecular complexity index is 1720. The van der Waals surface area contributed by atoms with Crippen molar-refractivity contribution in [1.82, 2.24) is 26.6 Å². The van der Waals surface area contributed by atoms with Crippen molar-refractivity contribution in [2.75, 3.05) is 38.0 Å². The van der Waals surface area contributed by atoms with E-state index in [-0.39, 0.29) is 31.1 Å². The molecule has 1 heterocycles. The number of nitrogens with one attached hydrogen (secondary N) is 6. The highest BCUT2D eigenvalue weighted by Crippen LogP contribution is 2.24. The molecule has 0 radical (unpaired) electrons. The Morgan fingerprint density at radius 3 is 1.77 bits per heavy atom. The normalized spacial score (nSPS) is 10.3. The summed E-state index contributed by atoms with van der Waals surface area (Å²) in [5, 5.41) is 14.5. The first-order valence-electron chi connectivity index (χ1n) is 14.1. The zero-order valence-electron chi connectivity index (χ0n) is 25.2. The molecule has 1 aromatic heterocycles. The van der Waals surface area contributed by atoms with Crippen LogP contribution in [0.2, 0.25) is 0 Å². The molecule has 3 rings (SSSR count). The Kier molecular flexibility index (Phi) is 13.0. The third-order valence-corrected chi connectivity index (χ3v) is 6.07. The maximum Gasteiger partial charge on any atom is 0.336 e. The zero-order chi connectivity index (χ0) is 34.3. The molecular formula is C30H33N7O10. The van der Waals surface area contributed by atoms with Gasteiger partial charge < -0.3 is 46.8 Å². The summed E-state index contributed by atoms with van der Waals surface area (Å²) in [6, 6.07) is 13.0. The number of hydrogen-bond acceptors (Lipinski definition) is 10. The van der Waals surface area contributed by atoms with Gasteiger partial charge in [0.25, 0.3) is 0 Å². The van der Waals surface area contributed by atoms with E-state index in [0.29, 0.717) is 22.4 Å². The molecule has 0 atom stereocenters. The fraction of sp³-hybridized carbons (Fsp3) is 0.267. The minimum absolute atomic E-state index is 0.183. The lowest BCUT2D eigenvalue weighted by Crippen LogP contribution is -2.46. The van der Waals surface area contributed by atoms with Crippen LogP contribution >= 0.6 is 0 Å². The Morgan fingerprint density at radius 1 is 0.702 bits per heavy atom. The third kappa shape index (κ3) is 12.7. The van der Waals surface area contributed by atoms with Crippen LogP contribution in [0.3, 0.4) is 0 Å². The molecule has 8 N–H and O–H groups in total. The molecule has 0 fully saturated rings. The van der Waals surface area contributed by atoms with Crippen molar-refractivity contribution in [3.63, 3.8) is 0 Å². The number of fused-ring (bicyclic) bond motifs is 1. The van der Waals surface area contributed by atoms with E-state index in [9.17, 15) is 38.4 Å². The van der Waals surface area contributed by atoms with Crippen molar-refractivity contribution in [3.8, 4) is 5.75 Å². The van der Waals surface area contributed by atoms with Crippen molar-refractivity contribution in [2.45, 2.75) is 20.0 Å². The number of anilines is 1. The number of rotatable bonds is 16. The molecule has 0 unspecified atom stereocenters. The smallest absolute Gasteiger partial charge is 0.336 e. The SMILES string of the molecule is CC(=O)Nc1ccc(COc2ccc3oc(=O)cc(CC(=O)NCC(=O)NCC(=O)NCC(=O)NCC(=O)NCC(N)=O)c3c2)cc1. The van der Waals surface area contributed by atoms with Crippen molar-refractivity contribution in [1.29, 1.82) is 0 Å². The molecule has 7 amide bonds. The van der Waals surface area contributed by atoms with Crippen molar-refractivity contribution in [2.24, 2.45) is 5.73 Å². The summed E-state index contributed by atoms with van der Waals surface area (Å²) in [4.78, 5) is 93.7. The molecule has 0 spiro atoms. The predicted octanol–water partition coefficient (Wildman–Crippen LogP) is -2.06. The van der Waals surface area contributed by atoms with Gasteiger partial charge in [-0.05, 0) is 41.5 Å². The average molecular weight is 652 g/mol. The van der Waals surface area contributed by atoms with E-state index in [1.165, 1.54) is 13.0 Å². The van der Waals surface area contributed by atoms with Crippen LogP contribution in [0.5, 0.6) is 5.75 Å². The number of primary amides is 1. The largest absolute Gasteiger partial charge is 0.489 e. The molecule has 3 aromatic rings. The number of carbonyl (C=O) groups excluding carboxylic acids is 7. The lowest BCUT2D eigenvalue weighted by atomic mass is 10.1. The van der Waals surface area contributed by atoms with Gasteiger partial charge in [-0.2, -0.15) is 0 Å². The highest BCUT2D eigenvalue weighted by molar-refractivity contribution is 5.93. The van der Waals surface area contributed by atoms with Gasteiger partial charge in [-0.25, -0.2) is 4.79 Å². The molecule has 2 aromatic carbocycles. The van der Waals surface area contributed by atoms with Crippen molar-refractivity contribution >= 4 is 58.0 Å². The highest BCUT2D eigenvalue weighted by Gasteiger charge is 2.14. The van der Waals surface area contributed by atoms with E-state index >= 15 is 0 Å². The second-order valence-electron chi connectivity index (χ2n) is 9.94. The van der Waals surface area contributed by atoms with Crippen LogP contribution in [0.25, 0.3) is 11.0 Å². The van der Waals surface area contributed by atoms with Crippen LogP contribution in [-0.4, -0.2) is 74.1 Å². The van der Waals surface area contributed by atoms with Crippen molar-refractivity contribution in [3.05, 3.63) is 70.1 Å². The van der Waals surface area contributed by atoms with Crippen LogP contribution < -0.4 is 48.0 Å². The van der Waals surface area contributed by atoms with E-state index in [1.807, 2.05) is 0 Å². The number of hydrogen-bond donors (Lipinski definition) is 7. The molecule has 47 heavy (non-hydrogen) atoms. The maximum atomic E-state index is 12.6. The third-order valence-electron chi connectivity index (χ3n) is 6.07. The summed E-state index contributed by atoms with van der Waals surface area (Å²) in [5.41, 5.74) is 6.27. The van der Waals surface area contributed by atoms with Gasteiger partial charge in [0.05, 0.1) is 39.1 Å². The lowest BCUT2D eigenvalue weighted by molar-refractivity contribution is -0.129. The first-order chi connectivity index (χ1) is 22.4. The lowest BCUT2D eigenvalue weighted by Gasteiger charge is -2.11. The monoisotopic (exact) mass is 651 g/mol. The Labute approximate surface area is 266 Å². The van der Waals surface area contributed by atoms with Crippen LogP contribution in [0.15, 0.2) is 57.7 Å². The number of nitrogens with two attached hydrogens (primary N) is 1. The fourth-order valence-corrected chi connectivity index (χ4v) is 3.88. The van der Waals surface area contributed by atoms with Gasteiger partial charge in [0, 0.05) is 24.1 Å². The van der Waals surface area contributed by atoms with Crippen LogP contribution in [0.1, 0.15) is 18.1 Å². The maximum absolute atomic E-state index is 12.6. The summed E-state index contributed by atoms with van der Waals surface area (Å²) >= 11 is 0. The Morgan fingerprint density at radius 2 is 1.23 bits per heavy atom. The quantitative estimate of drug-likeness (QED) is 0.0833. The van der Waals surface area contributed by atoms with Gasteiger partial charge in [-0.15, -0.1) is 0 Å². The van der Waals surface area contributed by atoms with Gasteiger partial charge in [-0.3, -0.25) is 33.6 Å². The van der Waals surface area contributed by atoms with Gasteiger partial charge in [-0.1, -0.05) is 12.1 Å². The second-order valence-corrected chi connectivity index (χ2v) is 9.94. The summed E-state index contributed by atoms with van der Waals surface area (Å²) in [5.74, 6) is -3.82. The van der Waals surface area contributed by atoms with Gasteiger partial charge in [0.1, 0.15) is 17.9 Å². The summed E-state index contributed by atoms with van der Waals surface area (Å²) < 4.78 is 11.1. The number of amides is 7. The Hall–Kier alpha value is -6.26. The molecule has 17 heteroatoms. The van der Waals surface area contributed by atoms with Gasteiger partial charge in [0.2, 0.25) is 41.4 Å². The topological polar surface area (TPSA) is 257 Å². The summed E-state index contributed by atoms with van der Waals surface area (Å²) in [7, 11) is 0. The molecule has 0 aliphatic heterocycles. The second kappa shape index (κ2) is 17.3. The van der Waals surface area contributed by atoms with Crippen LogP contribution in [-0.2, 0) is 46.6 Å². The molecule has 0 saturated heterocycles. The molecule has 0 bridgehead atoms. The van der Waals surface area contributed by atoms with E-state index in [2.05, 4.69) is 31.9 Å². The summed E-state index contributed by atoms with van der Waals surface area (Å²) in [6.45, 7) is -0.643. The zero-order valence-corrected chi connectivity index (χ0v) is 25.2. The molecule has 0 aliphatic rings. The Balaban J connectivity index is 1.44. The minimum atomic E-state index is -0.751. The molecule has 0 aliphatic carbocycles. The standard InChI is InChI=1S/C30H33N7O10/c1-17(38)37-20-4-2-18(3-5-20)16-46-21-6-7-23-22(10-21)19(9-30(45)47-23)8-25(40)33-12-27(42)35-14-29(44)36-15-28(43)34-13-26(41)32-11-24(31)39/h2-7,9-10H,8,11-16H2,1H3,(H2,31,39)(H,32,41)(H,33,40)(H,34,43)(H,35,42)(H,36,44)(H,37,38). The predicted molar refractivity (Wildman–Crippen MR) is 166 cm³/mol. The minimum Gasteiger partial charge on any atom is -0.489 e.